The number of aromatic nitrogens is 1. The van der Waals surface area contributed by atoms with Crippen LogP contribution in [0.5, 0.6) is 0 Å². The van der Waals surface area contributed by atoms with Gasteiger partial charge in [0.15, 0.2) is 0 Å². The number of nitrogens with zero attached hydrogens (tertiary/aromatic N) is 2. The zero-order valence-corrected chi connectivity index (χ0v) is 18.5. The molecule has 2 aromatic rings. The highest BCUT2D eigenvalue weighted by atomic mass is 19.1. The first-order valence-electron chi connectivity index (χ1n) is 11.5. The van der Waals surface area contributed by atoms with Gasteiger partial charge in [0, 0.05) is 29.8 Å². The van der Waals surface area contributed by atoms with Gasteiger partial charge < -0.3 is 15.5 Å². The van der Waals surface area contributed by atoms with Crippen molar-refractivity contribution in [2.45, 2.75) is 50.6 Å². The summed E-state index contributed by atoms with van der Waals surface area (Å²) < 4.78 is 13.4. The van der Waals surface area contributed by atoms with E-state index in [9.17, 15) is 14.0 Å². The minimum Gasteiger partial charge on any atom is -0.353 e. The van der Waals surface area contributed by atoms with Crippen molar-refractivity contribution in [2.24, 2.45) is 5.92 Å². The Bertz CT molecular complexity index is 933. The molecule has 1 aliphatic heterocycles. The summed E-state index contributed by atoms with van der Waals surface area (Å²) in [5, 5.41) is 6.32. The fraction of sp³-hybridized carbons (Fsp3) is 0.480. The van der Waals surface area contributed by atoms with Crippen molar-refractivity contribution < 1.29 is 14.0 Å². The molecule has 2 heterocycles. The number of benzene rings is 1. The summed E-state index contributed by atoms with van der Waals surface area (Å²) >= 11 is 0. The number of pyridine rings is 1. The van der Waals surface area contributed by atoms with Crippen LogP contribution in [-0.2, 0) is 4.79 Å². The summed E-state index contributed by atoms with van der Waals surface area (Å²) in [4.78, 5) is 31.7. The number of nitrogens with one attached hydrogen (secondary N) is 2. The molecule has 7 heteroatoms. The SMILES string of the molecule is CN1CCC(C(=O)NC2CCC(NC(=O)c3ccc(-c4cccc(F)c4)nc3)CC2)CC1. The third kappa shape index (κ3) is 5.71. The summed E-state index contributed by atoms with van der Waals surface area (Å²) in [5.41, 5.74) is 1.79. The maximum absolute atomic E-state index is 13.4. The fourth-order valence-electron chi connectivity index (χ4n) is 4.59. The van der Waals surface area contributed by atoms with Gasteiger partial charge in [0.1, 0.15) is 5.82 Å². The second-order valence-corrected chi connectivity index (χ2v) is 9.05. The predicted molar refractivity (Wildman–Crippen MR) is 122 cm³/mol. The molecule has 0 spiro atoms. The Morgan fingerprint density at radius 1 is 0.969 bits per heavy atom. The van der Waals surface area contributed by atoms with Gasteiger partial charge in [-0.2, -0.15) is 0 Å². The average molecular weight is 439 g/mol. The van der Waals surface area contributed by atoms with E-state index in [1.54, 1.807) is 24.3 Å². The Balaban J connectivity index is 1.23. The maximum Gasteiger partial charge on any atom is 0.253 e. The zero-order valence-electron chi connectivity index (χ0n) is 18.5. The summed E-state index contributed by atoms with van der Waals surface area (Å²) in [6, 6.07) is 9.99. The molecule has 32 heavy (non-hydrogen) atoms. The van der Waals surface area contributed by atoms with Gasteiger partial charge >= 0.3 is 0 Å². The van der Waals surface area contributed by atoms with Crippen molar-refractivity contribution in [2.75, 3.05) is 20.1 Å². The average Bonchev–Trinajstić information content (AvgIpc) is 2.81. The molecule has 1 saturated carbocycles. The topological polar surface area (TPSA) is 74.3 Å². The van der Waals surface area contributed by atoms with Gasteiger partial charge in [0.25, 0.3) is 5.91 Å². The number of amides is 2. The van der Waals surface area contributed by atoms with Crippen molar-refractivity contribution in [1.29, 1.82) is 0 Å². The van der Waals surface area contributed by atoms with Crippen LogP contribution in [0.4, 0.5) is 4.39 Å². The summed E-state index contributed by atoms with van der Waals surface area (Å²) in [6.07, 6.45) is 6.83. The number of hydrogen-bond acceptors (Lipinski definition) is 4. The second-order valence-electron chi connectivity index (χ2n) is 9.05. The van der Waals surface area contributed by atoms with Gasteiger partial charge in [-0.3, -0.25) is 14.6 Å². The molecular weight excluding hydrogens is 407 g/mol. The van der Waals surface area contributed by atoms with Gasteiger partial charge in [-0.1, -0.05) is 12.1 Å². The van der Waals surface area contributed by atoms with Crippen LogP contribution in [0.15, 0.2) is 42.6 Å². The first-order chi connectivity index (χ1) is 15.5. The largest absolute Gasteiger partial charge is 0.353 e. The molecular formula is C25H31FN4O2. The number of rotatable bonds is 5. The first-order valence-corrected chi connectivity index (χ1v) is 11.5. The van der Waals surface area contributed by atoms with Gasteiger partial charge in [-0.15, -0.1) is 0 Å². The van der Waals surface area contributed by atoms with Gasteiger partial charge in [-0.05, 0) is 82.9 Å². The van der Waals surface area contributed by atoms with Crippen LogP contribution in [0.1, 0.15) is 48.9 Å². The van der Waals surface area contributed by atoms with Crippen molar-refractivity contribution in [1.82, 2.24) is 20.5 Å². The number of carbonyl (C=O) groups is 2. The van der Waals surface area contributed by atoms with E-state index in [1.807, 2.05) is 0 Å². The molecule has 1 aromatic carbocycles. The van der Waals surface area contributed by atoms with E-state index in [4.69, 9.17) is 0 Å². The molecule has 2 fully saturated rings. The number of halogens is 1. The number of piperidine rings is 1. The van der Waals surface area contributed by atoms with Crippen LogP contribution < -0.4 is 10.6 Å². The number of hydrogen-bond donors (Lipinski definition) is 2. The highest BCUT2D eigenvalue weighted by Crippen LogP contribution is 2.22. The lowest BCUT2D eigenvalue weighted by atomic mass is 9.89. The Kier molecular flexibility index (Phi) is 7.15. The Labute approximate surface area is 188 Å². The van der Waals surface area contributed by atoms with Crippen LogP contribution in [0.3, 0.4) is 0 Å². The summed E-state index contributed by atoms with van der Waals surface area (Å²) in [6.45, 7) is 1.96. The van der Waals surface area contributed by atoms with Crippen LogP contribution in [0.25, 0.3) is 11.3 Å². The second kappa shape index (κ2) is 10.2. The molecule has 4 rings (SSSR count). The van der Waals surface area contributed by atoms with Gasteiger partial charge in [-0.25, -0.2) is 4.39 Å². The number of carbonyl (C=O) groups excluding carboxylic acids is 2. The highest BCUT2D eigenvalue weighted by Gasteiger charge is 2.28. The first kappa shape index (κ1) is 22.4. The van der Waals surface area contributed by atoms with E-state index < -0.39 is 0 Å². The highest BCUT2D eigenvalue weighted by molar-refractivity contribution is 5.94. The minimum absolute atomic E-state index is 0.0990. The Morgan fingerprint density at radius 3 is 2.28 bits per heavy atom. The lowest BCUT2D eigenvalue weighted by Crippen LogP contribution is -2.46. The molecule has 1 aliphatic carbocycles. The quantitative estimate of drug-likeness (QED) is 0.751. The van der Waals surface area contributed by atoms with Crippen molar-refractivity contribution in [3.8, 4) is 11.3 Å². The van der Waals surface area contributed by atoms with Crippen molar-refractivity contribution >= 4 is 11.8 Å². The molecule has 6 nitrogen and oxygen atoms in total. The smallest absolute Gasteiger partial charge is 0.253 e. The molecule has 2 aliphatic rings. The molecule has 0 atom stereocenters. The third-order valence-corrected chi connectivity index (χ3v) is 6.64. The normalized spacial score (nSPS) is 22.3. The lowest BCUT2D eigenvalue weighted by molar-refractivity contribution is -0.127. The molecule has 1 saturated heterocycles. The summed E-state index contributed by atoms with van der Waals surface area (Å²) in [5.74, 6) is -0.145. The molecule has 1 aromatic heterocycles. The molecule has 0 radical (unpaired) electrons. The summed E-state index contributed by atoms with van der Waals surface area (Å²) in [7, 11) is 2.10. The van der Waals surface area contributed by atoms with Crippen molar-refractivity contribution in [3.05, 3.63) is 54.0 Å². The third-order valence-electron chi connectivity index (χ3n) is 6.64. The van der Waals surface area contributed by atoms with E-state index >= 15 is 0 Å². The Morgan fingerprint density at radius 2 is 1.66 bits per heavy atom. The lowest BCUT2D eigenvalue weighted by Gasteiger charge is -2.32. The van der Waals surface area contributed by atoms with Crippen LogP contribution in [0.2, 0.25) is 0 Å². The van der Waals surface area contributed by atoms with Gasteiger partial charge in [0.2, 0.25) is 5.91 Å². The standard InChI is InChI=1S/C25H31FN4O2/c1-30-13-11-17(12-14-30)24(31)28-21-6-8-22(9-7-21)29-25(32)19-5-10-23(27-16-19)18-3-2-4-20(26)15-18/h2-5,10,15-17,21-22H,6-9,11-14H2,1H3,(H,28,31)(H,29,32). The minimum atomic E-state index is -0.316. The van der Waals surface area contributed by atoms with Crippen LogP contribution in [-0.4, -0.2) is 53.9 Å². The van der Waals surface area contributed by atoms with E-state index in [0.29, 0.717) is 16.8 Å². The molecule has 170 valence electrons. The van der Waals surface area contributed by atoms with E-state index in [0.717, 1.165) is 51.6 Å². The number of likely N-dealkylation sites (tertiary alicyclic amines) is 1. The molecule has 0 unspecified atom stereocenters. The molecule has 2 N–H and O–H groups in total. The van der Waals surface area contributed by atoms with E-state index in [2.05, 4.69) is 27.6 Å². The van der Waals surface area contributed by atoms with Crippen LogP contribution in [0, 0.1) is 11.7 Å². The van der Waals surface area contributed by atoms with E-state index in [1.165, 1.54) is 18.3 Å². The monoisotopic (exact) mass is 438 g/mol. The maximum atomic E-state index is 13.4. The molecule has 0 bridgehead atoms. The van der Waals surface area contributed by atoms with Crippen LogP contribution >= 0.6 is 0 Å². The van der Waals surface area contributed by atoms with Crippen molar-refractivity contribution in [3.63, 3.8) is 0 Å². The van der Waals surface area contributed by atoms with Gasteiger partial charge in [0.05, 0.1) is 11.3 Å². The van der Waals surface area contributed by atoms with E-state index in [-0.39, 0.29) is 35.6 Å². The fourth-order valence-corrected chi connectivity index (χ4v) is 4.59. The Hall–Kier alpha value is -2.80. The zero-order chi connectivity index (χ0) is 22.5. The molecule has 2 amide bonds. The predicted octanol–water partition coefficient (Wildman–Crippen LogP) is 3.39.